The zero-order valence-electron chi connectivity index (χ0n) is 12.9. The SMILES string of the molecule is O=C(Cn1cnc(-c2ccco2)cc1=O)NCc1ccc(F)cc1F. The number of benzene rings is 1. The Bertz CT molecular complexity index is 952. The summed E-state index contributed by atoms with van der Waals surface area (Å²) in [5.41, 5.74) is 0.0814. The molecule has 1 aromatic carbocycles. The summed E-state index contributed by atoms with van der Waals surface area (Å²) in [6, 6.07) is 7.68. The van der Waals surface area contributed by atoms with Gasteiger partial charge in [-0.2, -0.15) is 0 Å². The highest BCUT2D eigenvalue weighted by Gasteiger charge is 2.10. The minimum atomic E-state index is -0.748. The van der Waals surface area contributed by atoms with E-state index < -0.39 is 23.1 Å². The monoisotopic (exact) mass is 345 g/mol. The number of amides is 1. The number of aromatic nitrogens is 2. The third-order valence-corrected chi connectivity index (χ3v) is 3.46. The van der Waals surface area contributed by atoms with E-state index in [0.29, 0.717) is 11.5 Å². The zero-order chi connectivity index (χ0) is 17.8. The summed E-state index contributed by atoms with van der Waals surface area (Å²) in [6.07, 6.45) is 2.70. The van der Waals surface area contributed by atoms with Crippen molar-refractivity contribution in [1.29, 1.82) is 0 Å². The molecule has 0 saturated heterocycles. The standard InChI is InChI=1S/C17H13F2N3O3/c18-12-4-3-11(13(19)6-12)8-20-16(23)9-22-10-21-14(7-17(22)24)15-2-1-5-25-15/h1-7,10H,8-9H2,(H,20,23). The normalized spacial score (nSPS) is 10.6. The first kappa shape index (κ1) is 16.6. The lowest BCUT2D eigenvalue weighted by atomic mass is 10.2. The Hall–Kier alpha value is -3.29. The number of furan rings is 1. The second-order valence-corrected chi connectivity index (χ2v) is 5.23. The number of nitrogens with one attached hydrogen (secondary N) is 1. The minimum absolute atomic E-state index is 0.113. The second kappa shape index (κ2) is 7.08. The second-order valence-electron chi connectivity index (χ2n) is 5.23. The lowest BCUT2D eigenvalue weighted by Crippen LogP contribution is -2.32. The van der Waals surface area contributed by atoms with E-state index in [1.54, 1.807) is 12.1 Å². The fourth-order valence-electron chi connectivity index (χ4n) is 2.17. The predicted molar refractivity (Wildman–Crippen MR) is 84.4 cm³/mol. The summed E-state index contributed by atoms with van der Waals surface area (Å²) in [5, 5.41) is 2.47. The molecule has 1 amide bonds. The molecule has 1 N–H and O–H groups in total. The smallest absolute Gasteiger partial charge is 0.254 e. The van der Waals surface area contributed by atoms with Gasteiger partial charge in [0, 0.05) is 24.2 Å². The highest BCUT2D eigenvalue weighted by Crippen LogP contribution is 2.14. The first-order chi connectivity index (χ1) is 12.0. The van der Waals surface area contributed by atoms with Crippen LogP contribution < -0.4 is 10.9 Å². The Balaban J connectivity index is 1.64. The fourth-order valence-corrected chi connectivity index (χ4v) is 2.17. The van der Waals surface area contributed by atoms with Gasteiger partial charge in [-0.1, -0.05) is 6.07 Å². The molecule has 0 fully saturated rings. The first-order valence-corrected chi connectivity index (χ1v) is 7.34. The van der Waals surface area contributed by atoms with Crippen molar-refractivity contribution in [2.24, 2.45) is 0 Å². The highest BCUT2D eigenvalue weighted by atomic mass is 19.1. The number of hydrogen-bond acceptors (Lipinski definition) is 4. The third-order valence-electron chi connectivity index (χ3n) is 3.46. The van der Waals surface area contributed by atoms with Crippen LogP contribution >= 0.6 is 0 Å². The molecular formula is C17H13F2N3O3. The molecule has 128 valence electrons. The van der Waals surface area contributed by atoms with E-state index in [1.165, 1.54) is 24.7 Å². The molecule has 0 radical (unpaired) electrons. The molecule has 0 aliphatic rings. The Kier molecular flexibility index (Phi) is 4.69. The molecule has 3 aromatic rings. The molecule has 2 aromatic heterocycles. The number of halogens is 2. The van der Waals surface area contributed by atoms with E-state index in [-0.39, 0.29) is 18.7 Å². The minimum Gasteiger partial charge on any atom is -0.463 e. The quantitative estimate of drug-likeness (QED) is 0.768. The van der Waals surface area contributed by atoms with Crippen LogP contribution in [0.4, 0.5) is 8.78 Å². The molecule has 0 spiro atoms. The van der Waals surface area contributed by atoms with E-state index >= 15 is 0 Å². The average Bonchev–Trinajstić information content (AvgIpc) is 3.10. The maximum Gasteiger partial charge on any atom is 0.254 e. The molecule has 0 aliphatic heterocycles. The van der Waals surface area contributed by atoms with E-state index in [0.717, 1.165) is 16.7 Å². The topological polar surface area (TPSA) is 77.1 Å². The summed E-state index contributed by atoms with van der Waals surface area (Å²) < 4.78 is 32.6. The van der Waals surface area contributed by atoms with Crippen LogP contribution in [0, 0.1) is 11.6 Å². The van der Waals surface area contributed by atoms with Crippen LogP contribution in [0.15, 0.2) is 58.2 Å². The number of hydrogen-bond donors (Lipinski definition) is 1. The summed E-state index contributed by atoms with van der Waals surface area (Å²) in [7, 11) is 0. The molecule has 8 heteroatoms. The van der Waals surface area contributed by atoms with Crippen molar-refractivity contribution in [3.63, 3.8) is 0 Å². The molecule has 0 unspecified atom stereocenters. The van der Waals surface area contributed by atoms with E-state index in [2.05, 4.69) is 10.3 Å². The average molecular weight is 345 g/mol. The molecule has 0 bridgehead atoms. The molecule has 0 aliphatic carbocycles. The molecule has 6 nitrogen and oxygen atoms in total. The van der Waals surface area contributed by atoms with Gasteiger partial charge in [-0.3, -0.25) is 14.2 Å². The van der Waals surface area contributed by atoms with Gasteiger partial charge in [-0.25, -0.2) is 13.8 Å². The molecular weight excluding hydrogens is 332 g/mol. The van der Waals surface area contributed by atoms with Crippen molar-refractivity contribution in [1.82, 2.24) is 14.9 Å². The maximum absolute atomic E-state index is 13.5. The third kappa shape index (κ3) is 3.97. The Morgan fingerprint density at radius 3 is 2.76 bits per heavy atom. The Labute approximate surface area is 140 Å². The lowest BCUT2D eigenvalue weighted by Gasteiger charge is -2.08. The van der Waals surface area contributed by atoms with Crippen LogP contribution in [-0.2, 0) is 17.9 Å². The van der Waals surface area contributed by atoms with Crippen molar-refractivity contribution in [2.45, 2.75) is 13.1 Å². The van der Waals surface area contributed by atoms with Gasteiger partial charge in [0.15, 0.2) is 5.76 Å². The van der Waals surface area contributed by atoms with Gasteiger partial charge in [0.05, 0.1) is 12.6 Å². The van der Waals surface area contributed by atoms with Crippen LogP contribution in [0.5, 0.6) is 0 Å². The highest BCUT2D eigenvalue weighted by molar-refractivity contribution is 5.75. The van der Waals surface area contributed by atoms with Gasteiger partial charge in [-0.05, 0) is 18.2 Å². The van der Waals surface area contributed by atoms with Crippen molar-refractivity contribution in [3.05, 3.63) is 76.5 Å². The summed E-state index contributed by atoms with van der Waals surface area (Å²) in [6.45, 7) is -0.384. The van der Waals surface area contributed by atoms with Crippen molar-refractivity contribution in [3.8, 4) is 11.5 Å². The van der Waals surface area contributed by atoms with E-state index in [1.807, 2.05) is 0 Å². The number of nitrogens with zero attached hydrogens (tertiary/aromatic N) is 2. The van der Waals surface area contributed by atoms with Gasteiger partial charge in [0.25, 0.3) is 5.56 Å². The van der Waals surface area contributed by atoms with Gasteiger partial charge >= 0.3 is 0 Å². The van der Waals surface area contributed by atoms with E-state index in [4.69, 9.17) is 4.42 Å². The Morgan fingerprint density at radius 2 is 2.08 bits per heavy atom. The van der Waals surface area contributed by atoms with Crippen molar-refractivity contribution >= 4 is 5.91 Å². The molecule has 0 saturated carbocycles. The van der Waals surface area contributed by atoms with Crippen LogP contribution in [0.1, 0.15) is 5.56 Å². The Morgan fingerprint density at radius 1 is 1.24 bits per heavy atom. The lowest BCUT2D eigenvalue weighted by molar-refractivity contribution is -0.121. The van der Waals surface area contributed by atoms with Crippen LogP contribution in [0.25, 0.3) is 11.5 Å². The van der Waals surface area contributed by atoms with Crippen molar-refractivity contribution in [2.75, 3.05) is 0 Å². The fraction of sp³-hybridized carbons (Fsp3) is 0.118. The van der Waals surface area contributed by atoms with Gasteiger partial charge < -0.3 is 9.73 Å². The first-order valence-electron chi connectivity index (χ1n) is 7.34. The molecule has 25 heavy (non-hydrogen) atoms. The molecule has 2 heterocycles. The summed E-state index contributed by atoms with van der Waals surface area (Å²) >= 11 is 0. The van der Waals surface area contributed by atoms with Crippen LogP contribution in [-0.4, -0.2) is 15.5 Å². The predicted octanol–water partition coefficient (Wildman–Crippen LogP) is 2.10. The van der Waals surface area contributed by atoms with Gasteiger partial charge in [-0.15, -0.1) is 0 Å². The molecule has 3 rings (SSSR count). The van der Waals surface area contributed by atoms with Gasteiger partial charge in [0.2, 0.25) is 5.91 Å². The van der Waals surface area contributed by atoms with Crippen LogP contribution in [0.3, 0.4) is 0 Å². The largest absolute Gasteiger partial charge is 0.463 e. The van der Waals surface area contributed by atoms with Crippen LogP contribution in [0.2, 0.25) is 0 Å². The van der Waals surface area contributed by atoms with Crippen molar-refractivity contribution < 1.29 is 18.0 Å². The number of carbonyl (C=O) groups is 1. The number of rotatable bonds is 5. The molecule has 0 atom stereocenters. The summed E-state index contributed by atoms with van der Waals surface area (Å²) in [5.74, 6) is -1.50. The number of carbonyl (C=O) groups excluding carboxylic acids is 1. The van der Waals surface area contributed by atoms with E-state index in [9.17, 15) is 18.4 Å². The summed E-state index contributed by atoms with van der Waals surface area (Å²) in [4.78, 5) is 28.0. The zero-order valence-corrected chi connectivity index (χ0v) is 12.9. The maximum atomic E-state index is 13.5. The van der Waals surface area contributed by atoms with Gasteiger partial charge in [0.1, 0.15) is 23.9 Å².